The zero-order chi connectivity index (χ0) is 13.9. The lowest BCUT2D eigenvalue weighted by Crippen LogP contribution is -2.32. The summed E-state index contributed by atoms with van der Waals surface area (Å²) in [6.07, 6.45) is 10.4. The highest BCUT2D eigenvalue weighted by Gasteiger charge is 2.38. The number of hydrogen-bond acceptors (Lipinski definition) is 3. The van der Waals surface area contributed by atoms with Crippen LogP contribution in [0.3, 0.4) is 0 Å². The SMILES string of the molecule is CCCCC(CCCC)(CCCC)C(=O)OC#N. The third-order valence-corrected chi connectivity index (χ3v) is 3.60. The zero-order valence-electron chi connectivity index (χ0n) is 12.1. The normalized spacial score (nSPS) is 11.0. The minimum Gasteiger partial charge on any atom is -0.351 e. The zero-order valence-corrected chi connectivity index (χ0v) is 12.1. The Kier molecular flexibility index (Phi) is 9.36. The number of carbonyl (C=O) groups is 1. The van der Waals surface area contributed by atoms with Crippen molar-refractivity contribution in [2.45, 2.75) is 78.6 Å². The molecule has 18 heavy (non-hydrogen) atoms. The van der Waals surface area contributed by atoms with Gasteiger partial charge in [-0.15, -0.1) is 5.26 Å². The lowest BCUT2D eigenvalue weighted by atomic mass is 9.74. The van der Waals surface area contributed by atoms with Crippen LogP contribution in [0.2, 0.25) is 0 Å². The Balaban J connectivity index is 4.85. The Morgan fingerprint density at radius 2 is 1.39 bits per heavy atom. The van der Waals surface area contributed by atoms with Gasteiger partial charge in [0.25, 0.3) is 6.26 Å². The van der Waals surface area contributed by atoms with E-state index in [1.807, 2.05) is 0 Å². The summed E-state index contributed by atoms with van der Waals surface area (Å²) < 4.78 is 4.67. The molecule has 0 bridgehead atoms. The van der Waals surface area contributed by atoms with Crippen LogP contribution in [0, 0.1) is 16.9 Å². The van der Waals surface area contributed by atoms with Crippen LogP contribution >= 0.6 is 0 Å². The number of hydrogen-bond donors (Lipinski definition) is 0. The first kappa shape index (κ1) is 17.0. The summed E-state index contributed by atoms with van der Waals surface area (Å²) in [5.41, 5.74) is -0.419. The smallest absolute Gasteiger partial charge is 0.327 e. The van der Waals surface area contributed by atoms with E-state index < -0.39 is 5.41 Å². The summed E-state index contributed by atoms with van der Waals surface area (Å²) >= 11 is 0. The van der Waals surface area contributed by atoms with Crippen LogP contribution in [0.25, 0.3) is 0 Å². The summed E-state index contributed by atoms with van der Waals surface area (Å²) in [7, 11) is 0. The molecule has 0 unspecified atom stereocenters. The van der Waals surface area contributed by atoms with Gasteiger partial charge in [-0.05, 0) is 19.3 Å². The van der Waals surface area contributed by atoms with E-state index in [1.54, 1.807) is 6.26 Å². The molecule has 0 aromatic rings. The van der Waals surface area contributed by atoms with Crippen LogP contribution in [-0.2, 0) is 9.53 Å². The van der Waals surface area contributed by atoms with Gasteiger partial charge in [-0.2, -0.15) is 0 Å². The maximum absolute atomic E-state index is 12.1. The van der Waals surface area contributed by atoms with Crippen LogP contribution in [-0.4, -0.2) is 5.97 Å². The van der Waals surface area contributed by atoms with Crippen molar-refractivity contribution in [3.63, 3.8) is 0 Å². The molecule has 0 saturated heterocycles. The van der Waals surface area contributed by atoms with Crippen LogP contribution in [0.15, 0.2) is 0 Å². The first-order valence-corrected chi connectivity index (χ1v) is 7.27. The predicted molar refractivity (Wildman–Crippen MR) is 72.7 cm³/mol. The van der Waals surface area contributed by atoms with Gasteiger partial charge < -0.3 is 4.74 Å². The first-order chi connectivity index (χ1) is 8.66. The third-order valence-electron chi connectivity index (χ3n) is 3.60. The van der Waals surface area contributed by atoms with Gasteiger partial charge in [0.2, 0.25) is 0 Å². The number of nitriles is 1. The Labute approximate surface area is 112 Å². The van der Waals surface area contributed by atoms with Crippen molar-refractivity contribution >= 4 is 5.97 Å². The van der Waals surface area contributed by atoms with Crippen molar-refractivity contribution in [1.82, 2.24) is 0 Å². The average Bonchev–Trinajstić information content (AvgIpc) is 2.38. The second-order valence-electron chi connectivity index (χ2n) is 5.07. The van der Waals surface area contributed by atoms with Crippen LogP contribution in [0.5, 0.6) is 0 Å². The van der Waals surface area contributed by atoms with Crippen molar-refractivity contribution in [3.05, 3.63) is 0 Å². The van der Waals surface area contributed by atoms with Crippen molar-refractivity contribution < 1.29 is 9.53 Å². The van der Waals surface area contributed by atoms with E-state index in [2.05, 4.69) is 25.5 Å². The molecule has 0 amide bonds. The molecule has 0 heterocycles. The molecule has 0 saturated carbocycles. The summed E-state index contributed by atoms with van der Waals surface area (Å²) in [6.45, 7) is 6.38. The lowest BCUT2D eigenvalue weighted by Gasteiger charge is -2.30. The quantitative estimate of drug-likeness (QED) is 0.423. The second-order valence-corrected chi connectivity index (χ2v) is 5.07. The monoisotopic (exact) mass is 253 g/mol. The molecular weight excluding hydrogens is 226 g/mol. The van der Waals surface area contributed by atoms with Crippen LogP contribution in [0.1, 0.15) is 78.6 Å². The molecule has 0 atom stereocenters. The molecule has 0 radical (unpaired) electrons. The standard InChI is InChI=1S/C15H27NO2/c1-4-7-10-15(11-8-5-2,12-9-6-3)14(17)18-13-16/h4-12H2,1-3H3. The van der Waals surface area contributed by atoms with E-state index in [0.717, 1.165) is 57.8 Å². The third kappa shape index (κ3) is 5.53. The van der Waals surface area contributed by atoms with Crippen molar-refractivity contribution in [1.29, 1.82) is 5.26 Å². The van der Waals surface area contributed by atoms with E-state index in [9.17, 15) is 4.79 Å². The molecule has 104 valence electrons. The highest BCUT2D eigenvalue weighted by atomic mass is 16.5. The number of ether oxygens (including phenoxy) is 1. The van der Waals surface area contributed by atoms with Crippen molar-refractivity contribution in [2.24, 2.45) is 5.41 Å². The summed E-state index contributed by atoms with van der Waals surface area (Å²) in [5, 5.41) is 8.58. The molecule has 0 aromatic heterocycles. The molecule has 0 aromatic carbocycles. The molecule has 0 aliphatic carbocycles. The Bertz CT molecular complexity index is 246. The molecular formula is C15H27NO2. The fraction of sp³-hybridized carbons (Fsp3) is 0.867. The van der Waals surface area contributed by atoms with E-state index in [0.29, 0.717) is 0 Å². The summed E-state index contributed by atoms with van der Waals surface area (Å²) in [5.74, 6) is -0.305. The van der Waals surface area contributed by atoms with E-state index in [1.165, 1.54) is 0 Å². The van der Waals surface area contributed by atoms with Gasteiger partial charge in [-0.1, -0.05) is 59.3 Å². The average molecular weight is 253 g/mol. The van der Waals surface area contributed by atoms with Crippen LogP contribution in [0.4, 0.5) is 0 Å². The molecule has 0 aliphatic heterocycles. The molecule has 0 N–H and O–H groups in total. The number of rotatable bonds is 10. The Morgan fingerprint density at radius 1 is 1.00 bits per heavy atom. The molecule has 3 heteroatoms. The largest absolute Gasteiger partial charge is 0.351 e. The molecule has 0 aliphatic rings. The maximum atomic E-state index is 12.1. The van der Waals surface area contributed by atoms with Crippen molar-refractivity contribution in [3.8, 4) is 6.26 Å². The minimum atomic E-state index is -0.419. The van der Waals surface area contributed by atoms with Gasteiger partial charge in [0, 0.05) is 0 Å². The van der Waals surface area contributed by atoms with Gasteiger partial charge >= 0.3 is 5.97 Å². The molecule has 0 fully saturated rings. The van der Waals surface area contributed by atoms with Crippen molar-refractivity contribution in [2.75, 3.05) is 0 Å². The Morgan fingerprint density at radius 3 is 1.67 bits per heavy atom. The lowest BCUT2D eigenvalue weighted by molar-refractivity contribution is -0.150. The number of esters is 1. The highest BCUT2D eigenvalue weighted by molar-refractivity contribution is 5.77. The number of carbonyl (C=O) groups excluding carboxylic acids is 1. The van der Waals surface area contributed by atoms with E-state index in [-0.39, 0.29) is 5.97 Å². The number of nitrogens with zero attached hydrogens (tertiary/aromatic N) is 1. The minimum absolute atomic E-state index is 0.305. The highest BCUT2D eigenvalue weighted by Crippen LogP contribution is 2.37. The van der Waals surface area contributed by atoms with Gasteiger partial charge in [0.1, 0.15) is 0 Å². The van der Waals surface area contributed by atoms with Gasteiger partial charge in [-0.25, -0.2) is 0 Å². The molecule has 0 rings (SSSR count). The van der Waals surface area contributed by atoms with Gasteiger partial charge in [-0.3, -0.25) is 4.79 Å². The second kappa shape index (κ2) is 9.94. The van der Waals surface area contributed by atoms with Gasteiger partial charge in [0.15, 0.2) is 0 Å². The van der Waals surface area contributed by atoms with Crippen LogP contribution < -0.4 is 0 Å². The summed E-state index contributed by atoms with van der Waals surface area (Å²) in [4.78, 5) is 12.1. The number of unbranched alkanes of at least 4 members (excludes halogenated alkanes) is 3. The maximum Gasteiger partial charge on any atom is 0.327 e. The predicted octanol–water partition coefficient (Wildman–Crippen LogP) is 4.57. The molecule has 3 nitrogen and oxygen atoms in total. The summed E-state index contributed by atoms with van der Waals surface area (Å²) in [6, 6.07) is 0. The van der Waals surface area contributed by atoms with Gasteiger partial charge in [0.05, 0.1) is 5.41 Å². The fourth-order valence-electron chi connectivity index (χ4n) is 2.38. The molecule has 0 spiro atoms. The first-order valence-electron chi connectivity index (χ1n) is 7.27. The van der Waals surface area contributed by atoms with E-state index in [4.69, 9.17) is 5.26 Å². The fourth-order valence-corrected chi connectivity index (χ4v) is 2.38. The topological polar surface area (TPSA) is 50.1 Å². The Hall–Kier alpha value is -1.04. The van der Waals surface area contributed by atoms with E-state index >= 15 is 0 Å².